The van der Waals surface area contributed by atoms with Gasteiger partial charge in [0.1, 0.15) is 11.2 Å². The zero-order valence-corrected chi connectivity index (χ0v) is 18.9. The summed E-state index contributed by atoms with van der Waals surface area (Å²) in [5, 5.41) is 1.75. The summed E-state index contributed by atoms with van der Waals surface area (Å²) in [4.78, 5) is 41.1. The number of aryl methyl sites for hydroxylation is 1. The van der Waals surface area contributed by atoms with Crippen molar-refractivity contribution in [2.75, 3.05) is 18.7 Å². The Labute approximate surface area is 192 Å². The van der Waals surface area contributed by atoms with Crippen LogP contribution in [0.4, 0.5) is 5.69 Å². The molecule has 0 spiro atoms. The van der Waals surface area contributed by atoms with E-state index < -0.39 is 5.69 Å². The van der Waals surface area contributed by atoms with Gasteiger partial charge in [0.15, 0.2) is 11.5 Å². The van der Waals surface area contributed by atoms with Crippen molar-refractivity contribution in [3.63, 3.8) is 0 Å². The van der Waals surface area contributed by atoms with Crippen molar-refractivity contribution in [1.29, 1.82) is 0 Å². The first-order valence-electron chi connectivity index (χ1n) is 10.3. The first-order chi connectivity index (χ1) is 15.9. The van der Waals surface area contributed by atoms with Gasteiger partial charge in [-0.3, -0.25) is 18.7 Å². The van der Waals surface area contributed by atoms with Gasteiger partial charge in [0.05, 0.1) is 12.1 Å². The largest absolute Gasteiger partial charge is 0.454 e. The Morgan fingerprint density at radius 1 is 1.06 bits per heavy atom. The van der Waals surface area contributed by atoms with Gasteiger partial charge < -0.3 is 14.4 Å². The monoisotopic (exact) mass is 463 g/mol. The topological polar surface area (TPSA) is 82.8 Å². The second-order valence-electron chi connectivity index (χ2n) is 7.87. The van der Waals surface area contributed by atoms with E-state index in [4.69, 9.17) is 9.47 Å². The molecule has 0 aliphatic carbocycles. The lowest BCUT2D eigenvalue weighted by Gasteiger charge is -2.19. The Morgan fingerprint density at radius 3 is 2.70 bits per heavy atom. The minimum Gasteiger partial charge on any atom is -0.454 e. The third-order valence-corrected chi connectivity index (χ3v) is 6.56. The number of amides is 1. The first-order valence-corrected chi connectivity index (χ1v) is 11.2. The Balaban J connectivity index is 1.53. The molecule has 0 radical (unpaired) electrons. The fraction of sp³-hybridized carbons (Fsp3) is 0.208. The molecule has 0 atom stereocenters. The average Bonchev–Trinajstić information content (AvgIpc) is 3.48. The molecule has 0 N–H and O–H groups in total. The normalized spacial score (nSPS) is 12.3. The third kappa shape index (κ3) is 3.80. The molecule has 168 valence electrons. The summed E-state index contributed by atoms with van der Waals surface area (Å²) in [5.74, 6) is 0.943. The highest BCUT2D eigenvalue weighted by atomic mass is 32.1. The van der Waals surface area contributed by atoms with Crippen molar-refractivity contribution in [1.82, 2.24) is 9.13 Å². The van der Waals surface area contributed by atoms with Crippen molar-refractivity contribution in [2.45, 2.75) is 20.0 Å². The Hall–Kier alpha value is -3.85. The fourth-order valence-electron chi connectivity index (χ4n) is 3.87. The van der Waals surface area contributed by atoms with Crippen LogP contribution in [-0.2, 0) is 17.9 Å². The van der Waals surface area contributed by atoms with E-state index in [9.17, 15) is 14.4 Å². The molecule has 8 nitrogen and oxygen atoms in total. The number of hydrogen-bond acceptors (Lipinski definition) is 6. The molecule has 2 aromatic carbocycles. The molecule has 1 aliphatic rings. The molecule has 2 aromatic heterocycles. The van der Waals surface area contributed by atoms with Crippen molar-refractivity contribution in [3.05, 3.63) is 85.9 Å². The zero-order chi connectivity index (χ0) is 23.1. The van der Waals surface area contributed by atoms with Gasteiger partial charge in [-0.1, -0.05) is 18.2 Å². The highest BCUT2D eigenvalue weighted by Crippen LogP contribution is 2.32. The average molecular weight is 464 g/mol. The number of thiophene rings is 1. The zero-order valence-electron chi connectivity index (χ0n) is 18.1. The van der Waals surface area contributed by atoms with Crippen LogP contribution in [0, 0.1) is 6.92 Å². The molecule has 1 amide bonds. The predicted octanol–water partition coefficient (Wildman–Crippen LogP) is 2.97. The molecule has 5 rings (SSSR count). The second-order valence-corrected chi connectivity index (χ2v) is 8.79. The second kappa shape index (κ2) is 8.25. The number of ether oxygens (including phenoxy) is 2. The molecule has 0 fully saturated rings. The van der Waals surface area contributed by atoms with Gasteiger partial charge in [0.25, 0.3) is 5.56 Å². The minimum absolute atomic E-state index is 0.0596. The molecule has 0 saturated carbocycles. The van der Waals surface area contributed by atoms with E-state index in [-0.39, 0.29) is 31.3 Å². The summed E-state index contributed by atoms with van der Waals surface area (Å²) in [6, 6.07) is 14.6. The van der Waals surface area contributed by atoms with Crippen LogP contribution in [0.3, 0.4) is 0 Å². The van der Waals surface area contributed by atoms with Gasteiger partial charge in [-0.05, 0) is 53.8 Å². The van der Waals surface area contributed by atoms with Gasteiger partial charge in [0.2, 0.25) is 12.7 Å². The molecule has 1 aliphatic heterocycles. The molecule has 3 heterocycles. The molecule has 0 saturated heterocycles. The number of rotatable bonds is 5. The summed E-state index contributed by atoms with van der Waals surface area (Å²) in [6.07, 6.45) is 0. The van der Waals surface area contributed by atoms with Crippen molar-refractivity contribution in [3.8, 4) is 11.5 Å². The number of carbonyl (C=O) groups excluding carboxylic acids is 1. The number of hydrogen-bond donors (Lipinski definition) is 0. The van der Waals surface area contributed by atoms with Gasteiger partial charge in [-0.15, -0.1) is 11.3 Å². The molecule has 9 heteroatoms. The lowest BCUT2D eigenvalue weighted by Crippen LogP contribution is -2.42. The van der Waals surface area contributed by atoms with Crippen LogP contribution in [-0.4, -0.2) is 28.9 Å². The minimum atomic E-state index is -0.533. The van der Waals surface area contributed by atoms with E-state index in [1.807, 2.05) is 31.2 Å². The van der Waals surface area contributed by atoms with Crippen molar-refractivity contribution in [2.24, 2.45) is 0 Å². The Bertz CT molecular complexity index is 1500. The summed E-state index contributed by atoms with van der Waals surface area (Å²) in [5.41, 5.74) is 2.05. The van der Waals surface area contributed by atoms with E-state index >= 15 is 0 Å². The van der Waals surface area contributed by atoms with Gasteiger partial charge in [-0.25, -0.2) is 4.79 Å². The van der Waals surface area contributed by atoms with Crippen LogP contribution in [0.2, 0.25) is 0 Å². The number of nitrogens with zero attached hydrogens (tertiary/aromatic N) is 3. The summed E-state index contributed by atoms with van der Waals surface area (Å²) < 4.78 is 13.7. The number of benzene rings is 2. The van der Waals surface area contributed by atoms with Crippen LogP contribution in [0.15, 0.2) is 63.5 Å². The van der Waals surface area contributed by atoms with Crippen LogP contribution >= 0.6 is 11.3 Å². The third-order valence-electron chi connectivity index (χ3n) is 5.67. The van der Waals surface area contributed by atoms with Crippen LogP contribution in [0.5, 0.6) is 11.5 Å². The fourth-order valence-corrected chi connectivity index (χ4v) is 4.71. The van der Waals surface area contributed by atoms with E-state index in [0.29, 0.717) is 21.7 Å². The number of anilines is 1. The quantitative estimate of drug-likeness (QED) is 0.455. The molecule has 4 aromatic rings. The molecule has 0 bridgehead atoms. The molecule has 0 unspecified atom stereocenters. The smallest absolute Gasteiger partial charge is 0.332 e. The highest BCUT2D eigenvalue weighted by Gasteiger charge is 2.20. The van der Waals surface area contributed by atoms with Crippen molar-refractivity contribution >= 4 is 33.1 Å². The molecular formula is C24H21N3O5S. The molecule has 33 heavy (non-hydrogen) atoms. The number of carbonyl (C=O) groups is 1. The van der Waals surface area contributed by atoms with E-state index in [0.717, 1.165) is 21.4 Å². The predicted molar refractivity (Wildman–Crippen MR) is 127 cm³/mol. The number of likely N-dealkylation sites (N-methyl/N-ethyl adjacent to an activating group) is 1. The standard InChI is InChI=1S/C24H21N3O5S/c1-15-4-3-5-17(10-15)25(2)21(28)13-26-18-8-9-33-22(18)23(29)27(24(26)30)12-16-6-7-19-20(11-16)32-14-31-19/h3-11H,12-14H2,1-2H3. The summed E-state index contributed by atoms with van der Waals surface area (Å²) in [6.45, 7) is 1.97. The maximum Gasteiger partial charge on any atom is 0.332 e. The SMILES string of the molecule is Cc1cccc(N(C)C(=O)Cn2c(=O)n(Cc3ccc4c(c3)OCO4)c(=O)c3sccc32)c1. The van der Waals surface area contributed by atoms with Crippen LogP contribution in [0.25, 0.3) is 10.2 Å². The maximum absolute atomic E-state index is 13.4. The van der Waals surface area contributed by atoms with Crippen LogP contribution in [0.1, 0.15) is 11.1 Å². The van der Waals surface area contributed by atoms with Gasteiger partial charge >= 0.3 is 5.69 Å². The van der Waals surface area contributed by atoms with E-state index in [1.54, 1.807) is 36.7 Å². The lowest BCUT2D eigenvalue weighted by molar-refractivity contribution is -0.118. The lowest BCUT2D eigenvalue weighted by atomic mass is 10.2. The summed E-state index contributed by atoms with van der Waals surface area (Å²) >= 11 is 1.25. The van der Waals surface area contributed by atoms with Crippen molar-refractivity contribution < 1.29 is 14.3 Å². The number of fused-ring (bicyclic) bond motifs is 2. The number of aromatic nitrogens is 2. The highest BCUT2D eigenvalue weighted by molar-refractivity contribution is 7.17. The van der Waals surface area contributed by atoms with Gasteiger partial charge in [0, 0.05) is 12.7 Å². The van der Waals surface area contributed by atoms with E-state index in [1.165, 1.54) is 20.8 Å². The Morgan fingerprint density at radius 2 is 1.88 bits per heavy atom. The van der Waals surface area contributed by atoms with Crippen LogP contribution < -0.4 is 25.6 Å². The van der Waals surface area contributed by atoms with E-state index in [2.05, 4.69) is 0 Å². The maximum atomic E-state index is 13.4. The molecular weight excluding hydrogens is 442 g/mol. The Kier molecular flexibility index (Phi) is 5.26. The first kappa shape index (κ1) is 21.0. The summed E-state index contributed by atoms with van der Waals surface area (Å²) in [7, 11) is 1.68. The van der Waals surface area contributed by atoms with Gasteiger partial charge in [-0.2, -0.15) is 0 Å².